The number of rotatable bonds is 7. The van der Waals surface area contributed by atoms with Crippen molar-refractivity contribution < 1.29 is 31.5 Å². The number of hydrogen-bond acceptors (Lipinski definition) is 8. The van der Waals surface area contributed by atoms with Crippen molar-refractivity contribution in [2.24, 2.45) is 0 Å². The number of sulfonamides is 1. The van der Waals surface area contributed by atoms with Crippen molar-refractivity contribution in [1.29, 1.82) is 0 Å². The number of halogens is 3. The molecule has 0 aliphatic carbocycles. The zero-order chi connectivity index (χ0) is 25.4. The Morgan fingerprint density at radius 3 is 2.71 bits per heavy atom. The number of anilines is 3. The van der Waals surface area contributed by atoms with Crippen LogP contribution in [-0.2, 0) is 27.4 Å². The summed E-state index contributed by atoms with van der Waals surface area (Å²) in [5, 5.41) is 14.3. The number of benzene rings is 1. The first kappa shape index (κ1) is 25.1. The van der Waals surface area contributed by atoms with Crippen molar-refractivity contribution in [3.05, 3.63) is 41.6 Å². The third-order valence-corrected chi connectivity index (χ3v) is 7.28. The Kier molecular flexibility index (Phi) is 6.88. The largest absolute Gasteiger partial charge is 0.421 e. The van der Waals surface area contributed by atoms with Gasteiger partial charge in [0, 0.05) is 19.3 Å². The maximum atomic E-state index is 13.6. The predicted octanol–water partition coefficient (Wildman–Crippen LogP) is 2.00. The number of fused-ring (bicyclic) bond motifs is 1. The highest BCUT2D eigenvalue weighted by atomic mass is 32.2. The Morgan fingerprint density at radius 2 is 2.00 bits per heavy atom. The van der Waals surface area contributed by atoms with E-state index in [0.29, 0.717) is 31.1 Å². The average Bonchev–Trinajstić information content (AvgIpc) is 3.11. The van der Waals surface area contributed by atoms with Crippen LogP contribution in [0.3, 0.4) is 0 Å². The summed E-state index contributed by atoms with van der Waals surface area (Å²) < 4.78 is 66.1. The van der Waals surface area contributed by atoms with Crippen LogP contribution in [0.15, 0.2) is 30.5 Å². The van der Waals surface area contributed by atoms with E-state index in [1.54, 1.807) is 24.3 Å². The molecule has 35 heavy (non-hydrogen) atoms. The van der Waals surface area contributed by atoms with Crippen molar-refractivity contribution in [3.63, 3.8) is 0 Å². The Morgan fingerprint density at radius 1 is 1.26 bits per heavy atom. The first-order chi connectivity index (χ1) is 16.4. The molecule has 2 aliphatic rings. The molecule has 3 heterocycles. The molecule has 1 saturated heterocycles. The van der Waals surface area contributed by atoms with Crippen molar-refractivity contribution in [2.75, 3.05) is 35.1 Å². The van der Waals surface area contributed by atoms with E-state index < -0.39 is 39.7 Å². The molecular weight excluding hydrogens is 489 g/mol. The summed E-state index contributed by atoms with van der Waals surface area (Å²) in [6, 6.07) is 6.18. The Labute approximate surface area is 200 Å². The van der Waals surface area contributed by atoms with E-state index in [1.165, 1.54) is 9.31 Å². The smallest absolute Gasteiger partial charge is 0.390 e. The molecule has 2 aromatic rings. The molecule has 1 fully saturated rings. The minimum Gasteiger partial charge on any atom is -0.390 e. The summed E-state index contributed by atoms with van der Waals surface area (Å²) in [4.78, 5) is 20.0. The minimum absolute atomic E-state index is 0.124. The van der Waals surface area contributed by atoms with Gasteiger partial charge in [-0.1, -0.05) is 24.6 Å². The second kappa shape index (κ2) is 9.59. The van der Waals surface area contributed by atoms with Gasteiger partial charge in [0.25, 0.3) is 0 Å². The highest BCUT2D eigenvalue weighted by Gasteiger charge is 2.37. The molecule has 1 aromatic carbocycles. The first-order valence-electron chi connectivity index (χ1n) is 11.0. The van der Waals surface area contributed by atoms with Gasteiger partial charge in [-0.3, -0.25) is 10.2 Å². The van der Waals surface area contributed by atoms with Crippen LogP contribution in [0, 0.1) is 0 Å². The average molecular weight is 515 g/mol. The van der Waals surface area contributed by atoms with Gasteiger partial charge in [0.2, 0.25) is 21.9 Å². The number of aliphatic hydroxyl groups is 1. The normalized spacial score (nSPS) is 20.0. The van der Waals surface area contributed by atoms with Gasteiger partial charge in [0.1, 0.15) is 11.4 Å². The van der Waals surface area contributed by atoms with Crippen LogP contribution >= 0.6 is 0 Å². The SMILES string of the molecule is CS(=O)(=O)N1CCCCC1C(O)CNc1nc(NN2C(=O)Cc3ccccc32)ncc1C(F)(F)F. The van der Waals surface area contributed by atoms with Gasteiger partial charge in [-0.2, -0.15) is 22.5 Å². The van der Waals surface area contributed by atoms with Gasteiger partial charge in [-0.25, -0.2) is 18.4 Å². The van der Waals surface area contributed by atoms with Crippen LogP contribution in [0.1, 0.15) is 30.4 Å². The van der Waals surface area contributed by atoms with Gasteiger partial charge in [0.05, 0.1) is 30.5 Å². The molecule has 0 saturated carbocycles. The number of para-hydroxylation sites is 1. The quantitative estimate of drug-likeness (QED) is 0.512. The van der Waals surface area contributed by atoms with E-state index >= 15 is 0 Å². The summed E-state index contributed by atoms with van der Waals surface area (Å²) in [5.41, 5.74) is 2.78. The van der Waals surface area contributed by atoms with Crippen molar-refractivity contribution in [3.8, 4) is 0 Å². The molecule has 2 atom stereocenters. The summed E-state index contributed by atoms with van der Waals surface area (Å²) in [6.07, 6.45) is -2.60. The molecule has 1 amide bonds. The fraction of sp³-hybridized carbons (Fsp3) is 0.476. The number of hydrazine groups is 1. The fourth-order valence-electron chi connectivity index (χ4n) is 4.32. The monoisotopic (exact) mass is 514 g/mol. The van der Waals surface area contributed by atoms with Gasteiger partial charge in [-0.15, -0.1) is 0 Å². The zero-order valence-electron chi connectivity index (χ0n) is 18.8. The van der Waals surface area contributed by atoms with Crippen molar-refractivity contribution >= 4 is 33.4 Å². The van der Waals surface area contributed by atoms with E-state index in [9.17, 15) is 31.5 Å². The number of alkyl halides is 3. The third-order valence-electron chi connectivity index (χ3n) is 5.98. The van der Waals surface area contributed by atoms with Crippen LogP contribution in [0.25, 0.3) is 0 Å². The molecule has 14 heteroatoms. The van der Waals surface area contributed by atoms with Crippen LogP contribution in [0.4, 0.5) is 30.6 Å². The Hall–Kier alpha value is -2.97. The molecular formula is C21H25F3N6O4S. The molecule has 3 N–H and O–H groups in total. The number of aliphatic hydroxyl groups excluding tert-OH is 1. The second-order valence-corrected chi connectivity index (χ2v) is 10.4. The molecule has 2 unspecified atom stereocenters. The molecule has 1 aromatic heterocycles. The first-order valence-corrected chi connectivity index (χ1v) is 12.8. The van der Waals surface area contributed by atoms with E-state index in [0.717, 1.165) is 11.8 Å². The van der Waals surface area contributed by atoms with E-state index in [2.05, 4.69) is 20.7 Å². The minimum atomic E-state index is -4.79. The van der Waals surface area contributed by atoms with Crippen LogP contribution < -0.4 is 15.8 Å². The number of aromatic nitrogens is 2. The lowest BCUT2D eigenvalue weighted by molar-refractivity contribution is -0.137. The summed E-state index contributed by atoms with van der Waals surface area (Å²) in [5.74, 6) is -1.18. The second-order valence-electron chi connectivity index (χ2n) is 8.49. The van der Waals surface area contributed by atoms with E-state index in [4.69, 9.17) is 0 Å². The van der Waals surface area contributed by atoms with E-state index in [-0.39, 0.29) is 31.4 Å². The predicted molar refractivity (Wildman–Crippen MR) is 122 cm³/mol. The van der Waals surface area contributed by atoms with Crippen molar-refractivity contribution in [2.45, 2.75) is 44.0 Å². The maximum absolute atomic E-state index is 13.6. The number of nitrogens with one attached hydrogen (secondary N) is 2. The molecule has 2 aliphatic heterocycles. The molecule has 4 rings (SSSR count). The van der Waals surface area contributed by atoms with Gasteiger partial charge in [-0.05, 0) is 24.5 Å². The van der Waals surface area contributed by atoms with Crippen LogP contribution in [0.2, 0.25) is 0 Å². The number of amides is 1. The number of nitrogens with zero attached hydrogens (tertiary/aromatic N) is 4. The van der Waals surface area contributed by atoms with Crippen LogP contribution in [-0.4, -0.2) is 65.2 Å². The number of carbonyl (C=O) groups is 1. The summed E-state index contributed by atoms with van der Waals surface area (Å²) >= 11 is 0. The zero-order valence-corrected chi connectivity index (χ0v) is 19.6. The lowest BCUT2D eigenvalue weighted by Crippen LogP contribution is -2.51. The molecule has 190 valence electrons. The van der Waals surface area contributed by atoms with Gasteiger partial charge < -0.3 is 10.4 Å². The van der Waals surface area contributed by atoms with Crippen molar-refractivity contribution in [1.82, 2.24) is 14.3 Å². The summed E-state index contributed by atoms with van der Waals surface area (Å²) in [6.45, 7) is -0.136. The molecule has 10 nitrogen and oxygen atoms in total. The lowest BCUT2D eigenvalue weighted by Gasteiger charge is -2.36. The van der Waals surface area contributed by atoms with Crippen LogP contribution in [0.5, 0.6) is 0 Å². The fourth-order valence-corrected chi connectivity index (χ4v) is 5.52. The molecule has 0 bridgehead atoms. The Balaban J connectivity index is 1.54. The highest BCUT2D eigenvalue weighted by molar-refractivity contribution is 7.88. The topological polar surface area (TPSA) is 128 Å². The number of carbonyl (C=O) groups excluding carboxylic acids is 1. The lowest BCUT2D eigenvalue weighted by atomic mass is 10.00. The maximum Gasteiger partial charge on any atom is 0.421 e. The standard InChI is InChI=1S/C21H25F3N6O4S/c1-35(33,34)29-9-5-4-8-16(29)17(31)12-25-19-14(21(22,23)24)11-26-20(27-19)28-30-15-7-3-2-6-13(15)10-18(30)32/h2-3,6-7,11,16-17,31H,4-5,8-10,12H2,1H3,(H2,25,26,27,28). The molecule has 0 radical (unpaired) electrons. The number of hydrogen-bond donors (Lipinski definition) is 3. The van der Waals surface area contributed by atoms with Gasteiger partial charge in [0.15, 0.2) is 0 Å². The highest BCUT2D eigenvalue weighted by Crippen LogP contribution is 2.35. The third kappa shape index (κ3) is 5.49. The summed E-state index contributed by atoms with van der Waals surface area (Å²) in [7, 11) is -3.59. The van der Waals surface area contributed by atoms with E-state index in [1.807, 2.05) is 0 Å². The van der Waals surface area contributed by atoms with Gasteiger partial charge >= 0.3 is 6.18 Å². The Bertz CT molecular complexity index is 1210. The molecule has 0 spiro atoms. The number of piperidine rings is 1.